The molecule has 0 amide bonds. The zero-order valence-electron chi connectivity index (χ0n) is 10.7. The lowest BCUT2D eigenvalue weighted by atomic mass is 10.1. The highest BCUT2D eigenvalue weighted by molar-refractivity contribution is 5.38. The molecule has 0 aliphatic carbocycles. The molecule has 1 aromatic heterocycles. The first-order valence-electron chi connectivity index (χ1n) is 6.33. The molecule has 1 aromatic rings. The Morgan fingerprint density at radius 2 is 1.82 bits per heavy atom. The second-order valence-electron chi connectivity index (χ2n) is 4.40. The lowest BCUT2D eigenvalue weighted by Gasteiger charge is -2.01. The largest absolute Gasteiger partial charge is 0.298 e. The summed E-state index contributed by atoms with van der Waals surface area (Å²) < 4.78 is 1.48. The van der Waals surface area contributed by atoms with Crippen molar-refractivity contribution in [3.63, 3.8) is 0 Å². The molecule has 1 rings (SSSR count). The Morgan fingerprint density at radius 3 is 2.41 bits per heavy atom. The molecule has 5 nitrogen and oxygen atoms in total. The molecule has 96 valence electrons. The summed E-state index contributed by atoms with van der Waals surface area (Å²) in [5.74, 6) is 0. The van der Waals surface area contributed by atoms with Crippen molar-refractivity contribution < 1.29 is 0 Å². The molecule has 5 heteroatoms. The summed E-state index contributed by atoms with van der Waals surface area (Å²) in [6, 6.07) is 0. The number of rotatable bonds is 8. The normalized spacial score (nSPS) is 10.7. The maximum absolute atomic E-state index is 11.6. The van der Waals surface area contributed by atoms with Crippen LogP contribution in [-0.2, 0) is 6.54 Å². The number of aromatic nitrogens is 2. The number of nitrogens with zero attached hydrogens (tertiary/aromatic N) is 2. The molecule has 0 aliphatic heterocycles. The van der Waals surface area contributed by atoms with E-state index in [-0.39, 0.29) is 11.2 Å². The van der Waals surface area contributed by atoms with E-state index in [4.69, 9.17) is 0 Å². The Hall–Kier alpha value is -1.39. The number of nitrogens with one attached hydrogen (secondary N) is 1. The molecule has 0 aromatic carbocycles. The van der Waals surface area contributed by atoms with Crippen LogP contribution in [0.25, 0.3) is 0 Å². The van der Waals surface area contributed by atoms with Crippen molar-refractivity contribution >= 4 is 5.69 Å². The third kappa shape index (κ3) is 3.84. The molecule has 0 saturated carbocycles. The van der Waals surface area contributed by atoms with Crippen LogP contribution in [0, 0.1) is 11.8 Å². The van der Waals surface area contributed by atoms with E-state index in [1.807, 2.05) is 0 Å². The average molecular weight is 239 g/mol. The summed E-state index contributed by atoms with van der Waals surface area (Å²) in [4.78, 5) is 22.1. The van der Waals surface area contributed by atoms with Gasteiger partial charge >= 0.3 is 0 Å². The number of aryl methyl sites for hydroxylation is 2. The van der Waals surface area contributed by atoms with Crippen molar-refractivity contribution in [1.29, 1.82) is 0 Å². The molecular formula is C12H21N3O2. The Labute approximate surface area is 101 Å². The van der Waals surface area contributed by atoms with Crippen LogP contribution in [0.5, 0.6) is 0 Å². The highest BCUT2D eigenvalue weighted by Crippen LogP contribution is 2.10. The maximum Gasteiger partial charge on any atom is 0.296 e. The van der Waals surface area contributed by atoms with Gasteiger partial charge in [-0.2, -0.15) is 0 Å². The second-order valence-corrected chi connectivity index (χ2v) is 4.40. The molecule has 0 saturated heterocycles. The van der Waals surface area contributed by atoms with Gasteiger partial charge in [-0.1, -0.05) is 39.0 Å². The van der Waals surface area contributed by atoms with Crippen LogP contribution in [0.2, 0.25) is 0 Å². The lowest BCUT2D eigenvalue weighted by Crippen LogP contribution is -2.16. The molecule has 0 spiro atoms. The van der Waals surface area contributed by atoms with E-state index in [1.54, 1.807) is 6.92 Å². The molecule has 17 heavy (non-hydrogen) atoms. The van der Waals surface area contributed by atoms with Gasteiger partial charge in [0.15, 0.2) is 5.69 Å². The molecule has 1 heterocycles. The van der Waals surface area contributed by atoms with Gasteiger partial charge in [0.2, 0.25) is 0 Å². The van der Waals surface area contributed by atoms with Crippen LogP contribution in [0.1, 0.15) is 51.1 Å². The number of nitroso groups, excluding NO2 is 1. The molecule has 0 aliphatic rings. The van der Waals surface area contributed by atoms with Crippen LogP contribution in [0.3, 0.4) is 0 Å². The van der Waals surface area contributed by atoms with Crippen molar-refractivity contribution in [3.05, 3.63) is 21.0 Å². The van der Waals surface area contributed by atoms with E-state index in [1.165, 1.54) is 30.4 Å². The van der Waals surface area contributed by atoms with E-state index in [0.29, 0.717) is 12.2 Å². The summed E-state index contributed by atoms with van der Waals surface area (Å²) in [7, 11) is 0. The fourth-order valence-corrected chi connectivity index (χ4v) is 1.91. The zero-order valence-corrected chi connectivity index (χ0v) is 10.7. The van der Waals surface area contributed by atoms with Gasteiger partial charge in [-0.25, -0.2) is 0 Å². The first-order valence-corrected chi connectivity index (χ1v) is 6.33. The fourth-order valence-electron chi connectivity index (χ4n) is 1.91. The standard InChI is InChI=1S/C12H21N3O2/c1-3-4-5-6-7-8-9-15-12(16)11(14-17)10(2)13-15/h13H,3-9H2,1-2H3. The van der Waals surface area contributed by atoms with Gasteiger partial charge in [0.25, 0.3) is 5.56 Å². The summed E-state index contributed by atoms with van der Waals surface area (Å²) in [6.07, 6.45) is 7.07. The SMILES string of the molecule is CCCCCCCCn1[nH]c(C)c(N=O)c1=O. The number of unbranched alkanes of at least 4 members (excludes halogenated alkanes) is 5. The molecule has 0 fully saturated rings. The van der Waals surface area contributed by atoms with Crippen LogP contribution < -0.4 is 5.56 Å². The highest BCUT2D eigenvalue weighted by atomic mass is 16.3. The number of hydrogen-bond acceptors (Lipinski definition) is 3. The lowest BCUT2D eigenvalue weighted by molar-refractivity contribution is 0.516. The molecule has 1 N–H and O–H groups in total. The molecule has 0 atom stereocenters. The zero-order chi connectivity index (χ0) is 12.7. The minimum Gasteiger partial charge on any atom is -0.298 e. The van der Waals surface area contributed by atoms with Gasteiger partial charge < -0.3 is 0 Å². The number of aromatic amines is 1. The van der Waals surface area contributed by atoms with Gasteiger partial charge in [-0.05, 0) is 18.5 Å². The Kier molecular flexibility index (Phi) is 5.66. The van der Waals surface area contributed by atoms with E-state index < -0.39 is 0 Å². The van der Waals surface area contributed by atoms with E-state index in [0.717, 1.165) is 12.8 Å². The first-order chi connectivity index (χ1) is 8.20. The second kappa shape index (κ2) is 7.04. The van der Waals surface area contributed by atoms with Gasteiger partial charge in [0, 0.05) is 6.54 Å². The molecular weight excluding hydrogens is 218 g/mol. The number of hydrogen-bond donors (Lipinski definition) is 1. The monoisotopic (exact) mass is 239 g/mol. The van der Waals surface area contributed by atoms with Gasteiger partial charge in [-0.3, -0.25) is 14.6 Å². The summed E-state index contributed by atoms with van der Waals surface area (Å²) in [5, 5.41) is 5.62. The van der Waals surface area contributed by atoms with Crippen molar-refractivity contribution in [2.45, 2.75) is 58.9 Å². The molecule has 0 bridgehead atoms. The maximum atomic E-state index is 11.6. The first kappa shape index (κ1) is 13.7. The fraction of sp³-hybridized carbons (Fsp3) is 0.750. The quantitative estimate of drug-likeness (QED) is 0.559. The van der Waals surface area contributed by atoms with Gasteiger partial charge in [0.1, 0.15) is 0 Å². The minimum atomic E-state index is -0.300. The van der Waals surface area contributed by atoms with E-state index in [2.05, 4.69) is 17.2 Å². The van der Waals surface area contributed by atoms with Crippen LogP contribution in [0.4, 0.5) is 5.69 Å². The van der Waals surface area contributed by atoms with Gasteiger partial charge in [-0.15, -0.1) is 4.91 Å². The Balaban J connectivity index is 2.37. The predicted molar refractivity (Wildman–Crippen MR) is 68.6 cm³/mol. The van der Waals surface area contributed by atoms with E-state index in [9.17, 15) is 9.70 Å². The van der Waals surface area contributed by atoms with Crippen molar-refractivity contribution in [2.24, 2.45) is 5.18 Å². The summed E-state index contributed by atoms with van der Waals surface area (Å²) >= 11 is 0. The minimum absolute atomic E-state index is 0.0102. The van der Waals surface area contributed by atoms with Crippen LogP contribution in [0.15, 0.2) is 9.97 Å². The highest BCUT2D eigenvalue weighted by Gasteiger charge is 2.10. The summed E-state index contributed by atoms with van der Waals surface area (Å²) in [5.41, 5.74) is 0.262. The van der Waals surface area contributed by atoms with Gasteiger partial charge in [0.05, 0.1) is 5.69 Å². The average Bonchev–Trinajstić information content (AvgIpc) is 2.58. The Bertz CT molecular complexity index is 406. The molecule has 0 unspecified atom stereocenters. The summed E-state index contributed by atoms with van der Waals surface area (Å²) in [6.45, 7) is 4.52. The smallest absolute Gasteiger partial charge is 0.296 e. The van der Waals surface area contributed by atoms with E-state index >= 15 is 0 Å². The third-order valence-electron chi connectivity index (χ3n) is 2.93. The Morgan fingerprint density at radius 1 is 1.18 bits per heavy atom. The predicted octanol–water partition coefficient (Wildman–Crippen LogP) is 3.24. The van der Waals surface area contributed by atoms with Crippen molar-refractivity contribution in [3.8, 4) is 0 Å². The van der Waals surface area contributed by atoms with Crippen LogP contribution >= 0.6 is 0 Å². The van der Waals surface area contributed by atoms with Crippen molar-refractivity contribution in [1.82, 2.24) is 9.78 Å². The third-order valence-corrected chi connectivity index (χ3v) is 2.93. The number of H-pyrrole nitrogens is 1. The topological polar surface area (TPSA) is 67.2 Å². The van der Waals surface area contributed by atoms with Crippen LogP contribution in [-0.4, -0.2) is 9.78 Å². The molecule has 0 radical (unpaired) electrons. The van der Waals surface area contributed by atoms with Crippen molar-refractivity contribution in [2.75, 3.05) is 0 Å².